The maximum absolute atomic E-state index is 14.0. The van der Waals surface area contributed by atoms with Gasteiger partial charge in [-0.1, -0.05) is 29.8 Å². The van der Waals surface area contributed by atoms with Crippen molar-refractivity contribution in [3.05, 3.63) is 70.2 Å². The standard InChI is InChI=1S/C17H15ClF2N2O3S/c18-13-4-1-12(15(20)9-13)10-26(24,25)22-8-7-21-17(23)16(22)11-2-5-14(19)6-3-11/h1-6,9,16H,7-8,10H2,(H,21,23). The summed E-state index contributed by atoms with van der Waals surface area (Å²) < 4.78 is 53.9. The van der Waals surface area contributed by atoms with Gasteiger partial charge >= 0.3 is 0 Å². The molecule has 1 fully saturated rings. The topological polar surface area (TPSA) is 66.5 Å². The molecule has 0 aromatic heterocycles. The number of hydrogen-bond acceptors (Lipinski definition) is 3. The van der Waals surface area contributed by atoms with Crippen molar-refractivity contribution < 1.29 is 22.0 Å². The van der Waals surface area contributed by atoms with Gasteiger partial charge in [0.2, 0.25) is 15.9 Å². The van der Waals surface area contributed by atoms with Gasteiger partial charge in [0, 0.05) is 23.7 Å². The first-order valence-corrected chi connectivity index (χ1v) is 9.73. The number of carbonyl (C=O) groups is 1. The van der Waals surface area contributed by atoms with Gasteiger partial charge < -0.3 is 5.32 Å². The van der Waals surface area contributed by atoms with E-state index in [-0.39, 0.29) is 23.7 Å². The molecule has 0 aliphatic carbocycles. The second-order valence-corrected chi connectivity index (χ2v) is 8.21. The van der Waals surface area contributed by atoms with Crippen LogP contribution in [0.1, 0.15) is 17.2 Å². The largest absolute Gasteiger partial charge is 0.353 e. The Labute approximate surface area is 154 Å². The fourth-order valence-corrected chi connectivity index (χ4v) is 4.69. The number of halogens is 3. The van der Waals surface area contributed by atoms with E-state index in [1.54, 1.807) is 0 Å². The van der Waals surface area contributed by atoms with Crippen molar-refractivity contribution >= 4 is 27.5 Å². The van der Waals surface area contributed by atoms with E-state index in [1.165, 1.54) is 24.3 Å². The molecule has 5 nitrogen and oxygen atoms in total. The number of sulfonamides is 1. The second kappa shape index (κ2) is 7.30. The summed E-state index contributed by atoms with van der Waals surface area (Å²) in [6.07, 6.45) is 0. The normalized spacial score (nSPS) is 18.6. The zero-order chi connectivity index (χ0) is 18.9. The smallest absolute Gasteiger partial charge is 0.243 e. The Morgan fingerprint density at radius 2 is 1.85 bits per heavy atom. The molecule has 1 aliphatic heterocycles. The van der Waals surface area contributed by atoms with Gasteiger partial charge in [0.25, 0.3) is 0 Å². The van der Waals surface area contributed by atoms with Crippen molar-refractivity contribution in [2.24, 2.45) is 0 Å². The van der Waals surface area contributed by atoms with Crippen molar-refractivity contribution in [1.29, 1.82) is 0 Å². The first-order valence-electron chi connectivity index (χ1n) is 7.74. The summed E-state index contributed by atoms with van der Waals surface area (Å²) in [6, 6.07) is 7.62. The molecule has 1 aliphatic rings. The molecule has 3 rings (SSSR count). The minimum Gasteiger partial charge on any atom is -0.353 e. The van der Waals surface area contributed by atoms with E-state index in [9.17, 15) is 22.0 Å². The van der Waals surface area contributed by atoms with Crippen LogP contribution in [0, 0.1) is 11.6 Å². The van der Waals surface area contributed by atoms with E-state index in [0.717, 1.165) is 22.5 Å². The molecule has 0 radical (unpaired) electrons. The number of hydrogen-bond donors (Lipinski definition) is 1. The molecule has 1 heterocycles. The second-order valence-electron chi connectivity index (χ2n) is 5.85. The van der Waals surface area contributed by atoms with Gasteiger partial charge in [0.15, 0.2) is 0 Å². The third-order valence-corrected chi connectivity index (χ3v) is 6.08. The van der Waals surface area contributed by atoms with Crippen LogP contribution >= 0.6 is 11.6 Å². The lowest BCUT2D eigenvalue weighted by Gasteiger charge is -2.34. The van der Waals surface area contributed by atoms with E-state index in [4.69, 9.17) is 11.6 Å². The van der Waals surface area contributed by atoms with Crippen LogP contribution in [-0.2, 0) is 20.6 Å². The van der Waals surface area contributed by atoms with E-state index in [2.05, 4.69) is 5.32 Å². The van der Waals surface area contributed by atoms with Gasteiger partial charge in [-0.3, -0.25) is 4.79 Å². The van der Waals surface area contributed by atoms with E-state index < -0.39 is 39.4 Å². The maximum Gasteiger partial charge on any atom is 0.243 e. The molecule has 2 aromatic rings. The summed E-state index contributed by atoms with van der Waals surface area (Å²) in [7, 11) is -4.02. The van der Waals surface area contributed by atoms with E-state index >= 15 is 0 Å². The first kappa shape index (κ1) is 18.8. The van der Waals surface area contributed by atoms with Gasteiger partial charge in [0.05, 0.1) is 5.75 Å². The number of benzene rings is 2. The minimum absolute atomic E-state index is 0.0331. The summed E-state index contributed by atoms with van der Waals surface area (Å²) >= 11 is 5.69. The van der Waals surface area contributed by atoms with Gasteiger partial charge in [-0.2, -0.15) is 4.31 Å². The fraction of sp³-hybridized carbons (Fsp3) is 0.235. The monoisotopic (exact) mass is 400 g/mol. The van der Waals surface area contributed by atoms with Crippen LogP contribution in [0.25, 0.3) is 0 Å². The highest BCUT2D eigenvalue weighted by Gasteiger charge is 2.38. The molecule has 0 spiro atoms. The number of amides is 1. The molecule has 1 saturated heterocycles. The lowest BCUT2D eigenvalue weighted by molar-refractivity contribution is -0.126. The van der Waals surface area contributed by atoms with Crippen LogP contribution in [0.15, 0.2) is 42.5 Å². The predicted molar refractivity (Wildman–Crippen MR) is 92.9 cm³/mol. The van der Waals surface area contributed by atoms with Crippen molar-refractivity contribution in [1.82, 2.24) is 9.62 Å². The Morgan fingerprint density at radius 3 is 2.50 bits per heavy atom. The van der Waals surface area contributed by atoms with E-state index in [0.29, 0.717) is 5.56 Å². The Hall–Kier alpha value is -2.03. The number of piperazine rings is 1. The van der Waals surface area contributed by atoms with Crippen LogP contribution in [0.2, 0.25) is 5.02 Å². The van der Waals surface area contributed by atoms with Crippen LogP contribution in [0.3, 0.4) is 0 Å². The summed E-state index contributed by atoms with van der Waals surface area (Å²) in [5, 5.41) is 2.76. The quantitative estimate of drug-likeness (QED) is 0.858. The first-order chi connectivity index (χ1) is 12.3. The highest BCUT2D eigenvalue weighted by atomic mass is 35.5. The molecule has 1 N–H and O–H groups in total. The molecule has 0 bridgehead atoms. The van der Waals surface area contributed by atoms with Crippen LogP contribution in [0.5, 0.6) is 0 Å². The molecule has 1 amide bonds. The molecular weight excluding hydrogens is 386 g/mol. The molecule has 0 saturated carbocycles. The summed E-state index contributed by atoms with van der Waals surface area (Å²) in [4.78, 5) is 12.3. The van der Waals surface area contributed by atoms with Crippen molar-refractivity contribution in [3.8, 4) is 0 Å². The van der Waals surface area contributed by atoms with Gasteiger partial charge in [0.1, 0.15) is 17.7 Å². The highest BCUT2D eigenvalue weighted by Crippen LogP contribution is 2.28. The van der Waals surface area contributed by atoms with Crippen molar-refractivity contribution in [2.75, 3.05) is 13.1 Å². The minimum atomic E-state index is -4.02. The Balaban J connectivity index is 1.95. The summed E-state index contributed by atoms with van der Waals surface area (Å²) in [5.41, 5.74) is 0.294. The summed E-state index contributed by atoms with van der Waals surface area (Å²) in [5.74, 6) is -2.35. The Morgan fingerprint density at radius 1 is 1.15 bits per heavy atom. The Kier molecular flexibility index (Phi) is 5.27. The van der Waals surface area contributed by atoms with Gasteiger partial charge in [-0.05, 0) is 29.8 Å². The lowest BCUT2D eigenvalue weighted by Crippen LogP contribution is -2.52. The number of nitrogens with one attached hydrogen (secondary N) is 1. The van der Waals surface area contributed by atoms with Crippen LogP contribution in [0.4, 0.5) is 8.78 Å². The van der Waals surface area contributed by atoms with Crippen LogP contribution in [-0.4, -0.2) is 31.7 Å². The predicted octanol–water partition coefficient (Wildman–Crippen LogP) is 2.62. The number of nitrogens with zero attached hydrogens (tertiary/aromatic N) is 1. The average molecular weight is 401 g/mol. The fourth-order valence-electron chi connectivity index (χ4n) is 2.83. The molecule has 9 heteroatoms. The van der Waals surface area contributed by atoms with Crippen LogP contribution < -0.4 is 5.32 Å². The maximum atomic E-state index is 14.0. The zero-order valence-electron chi connectivity index (χ0n) is 13.5. The number of carbonyl (C=O) groups excluding carboxylic acids is 1. The molecule has 1 unspecified atom stereocenters. The van der Waals surface area contributed by atoms with Crippen molar-refractivity contribution in [3.63, 3.8) is 0 Å². The SMILES string of the molecule is O=C1NCCN(S(=O)(=O)Cc2ccc(Cl)cc2F)C1c1ccc(F)cc1. The molecule has 26 heavy (non-hydrogen) atoms. The third kappa shape index (κ3) is 3.87. The summed E-state index contributed by atoms with van der Waals surface area (Å²) in [6.45, 7) is 0.171. The zero-order valence-corrected chi connectivity index (χ0v) is 15.0. The van der Waals surface area contributed by atoms with Gasteiger partial charge in [-0.15, -0.1) is 0 Å². The molecule has 2 aromatic carbocycles. The highest BCUT2D eigenvalue weighted by molar-refractivity contribution is 7.88. The number of rotatable bonds is 4. The average Bonchev–Trinajstić information content (AvgIpc) is 2.58. The molecule has 138 valence electrons. The Bertz CT molecular complexity index is 936. The third-order valence-electron chi connectivity index (χ3n) is 4.06. The molecule has 1 atom stereocenters. The van der Waals surface area contributed by atoms with Gasteiger partial charge in [-0.25, -0.2) is 17.2 Å². The molecular formula is C17H15ClF2N2O3S. The van der Waals surface area contributed by atoms with E-state index in [1.807, 2.05) is 0 Å². The van der Waals surface area contributed by atoms with Crippen molar-refractivity contribution in [2.45, 2.75) is 11.8 Å². The lowest BCUT2D eigenvalue weighted by atomic mass is 10.0.